The van der Waals surface area contributed by atoms with Crippen molar-refractivity contribution >= 4 is 45.7 Å². The highest BCUT2D eigenvalue weighted by Gasteiger charge is 2.57. The molecule has 3 heterocycles. The van der Waals surface area contributed by atoms with Gasteiger partial charge in [0.05, 0.1) is 11.4 Å². The lowest BCUT2D eigenvalue weighted by molar-refractivity contribution is -0.121. The number of nitrogens with one attached hydrogen (secondary N) is 1. The van der Waals surface area contributed by atoms with Gasteiger partial charge in [-0.25, -0.2) is 4.98 Å². The number of nitrogens with zero attached hydrogens (tertiary/aromatic N) is 2. The van der Waals surface area contributed by atoms with E-state index in [-0.39, 0.29) is 11.8 Å². The fourth-order valence-electron chi connectivity index (χ4n) is 3.74. The zero-order valence-electron chi connectivity index (χ0n) is 12.9. The molecule has 2 aliphatic heterocycles. The van der Waals surface area contributed by atoms with E-state index >= 15 is 0 Å². The smallest absolute Gasteiger partial charge is 0.263 e. The van der Waals surface area contributed by atoms with Crippen molar-refractivity contribution in [2.75, 3.05) is 10.2 Å². The quantitative estimate of drug-likeness (QED) is 0.897. The van der Waals surface area contributed by atoms with Crippen molar-refractivity contribution in [2.24, 2.45) is 0 Å². The number of carbonyl (C=O) groups is 2. The van der Waals surface area contributed by atoms with Gasteiger partial charge in [-0.15, -0.1) is 11.3 Å². The van der Waals surface area contributed by atoms with Crippen LogP contribution in [0.15, 0.2) is 29.2 Å². The standard InChI is InChI=1S/C17H15N3O2S2/c21-14-8-9-17(20(14)11-5-1-2-6-13(11)24-17)15(22)19-16-18-10-4-3-7-12(10)23-16/h1-2,5-6H,3-4,7-9H2,(H,18,19,22)/t17-/m1/s1. The topological polar surface area (TPSA) is 62.3 Å². The molecule has 0 bridgehead atoms. The first-order valence-electron chi connectivity index (χ1n) is 8.08. The van der Waals surface area contributed by atoms with Crippen molar-refractivity contribution < 1.29 is 9.59 Å². The Morgan fingerprint density at radius 1 is 1.25 bits per heavy atom. The SMILES string of the molecule is O=C1CC[C@]2(C(=O)Nc3nc4c(s3)CCC4)Sc3ccccc3N12. The minimum atomic E-state index is -0.864. The number of rotatable bonds is 2. The van der Waals surface area contributed by atoms with Crippen LogP contribution in [0.5, 0.6) is 0 Å². The summed E-state index contributed by atoms with van der Waals surface area (Å²) in [7, 11) is 0. The van der Waals surface area contributed by atoms with E-state index in [9.17, 15) is 9.59 Å². The molecule has 122 valence electrons. The maximum atomic E-state index is 13.1. The van der Waals surface area contributed by atoms with E-state index in [4.69, 9.17) is 0 Å². The number of anilines is 2. The fourth-order valence-corrected chi connectivity index (χ4v) is 6.20. The van der Waals surface area contributed by atoms with Gasteiger partial charge >= 0.3 is 0 Å². The molecule has 1 aromatic carbocycles. The number of benzene rings is 1. The highest BCUT2D eigenvalue weighted by atomic mass is 32.2. The molecule has 1 atom stereocenters. The molecule has 0 unspecified atom stereocenters. The first-order valence-corrected chi connectivity index (χ1v) is 9.72. The summed E-state index contributed by atoms with van der Waals surface area (Å²) in [6.45, 7) is 0. The summed E-state index contributed by atoms with van der Waals surface area (Å²) < 4.78 is 0. The number of fused-ring (bicyclic) bond motifs is 4. The molecular formula is C17H15N3O2S2. The highest BCUT2D eigenvalue weighted by Crippen LogP contribution is 2.56. The molecule has 0 saturated carbocycles. The molecule has 3 aliphatic rings. The van der Waals surface area contributed by atoms with E-state index in [1.807, 2.05) is 24.3 Å². The van der Waals surface area contributed by atoms with E-state index in [0.29, 0.717) is 18.0 Å². The van der Waals surface area contributed by atoms with Crippen molar-refractivity contribution in [1.82, 2.24) is 4.98 Å². The van der Waals surface area contributed by atoms with Gasteiger partial charge in [0.2, 0.25) is 5.91 Å². The van der Waals surface area contributed by atoms with Gasteiger partial charge in [0.15, 0.2) is 10.0 Å². The monoisotopic (exact) mass is 357 g/mol. The lowest BCUT2D eigenvalue weighted by atomic mass is 10.2. The fraction of sp³-hybridized carbons (Fsp3) is 0.353. The second-order valence-corrected chi connectivity index (χ2v) is 8.68. The first-order chi connectivity index (χ1) is 11.7. The highest BCUT2D eigenvalue weighted by molar-refractivity contribution is 8.02. The Morgan fingerprint density at radius 2 is 2.12 bits per heavy atom. The molecule has 5 nitrogen and oxygen atoms in total. The van der Waals surface area contributed by atoms with Crippen LogP contribution in [0.3, 0.4) is 0 Å². The normalized spacial score (nSPS) is 24.0. The number of aryl methyl sites for hydroxylation is 2. The largest absolute Gasteiger partial charge is 0.299 e. The number of amides is 2. The average molecular weight is 357 g/mol. The van der Waals surface area contributed by atoms with E-state index in [0.717, 1.165) is 35.5 Å². The van der Waals surface area contributed by atoms with Crippen molar-refractivity contribution in [1.29, 1.82) is 0 Å². The van der Waals surface area contributed by atoms with Crippen LogP contribution in [0.4, 0.5) is 10.8 Å². The Balaban J connectivity index is 1.48. The summed E-state index contributed by atoms with van der Waals surface area (Å²) >= 11 is 3.05. The van der Waals surface area contributed by atoms with Crippen molar-refractivity contribution in [3.05, 3.63) is 34.8 Å². The van der Waals surface area contributed by atoms with Crippen LogP contribution >= 0.6 is 23.1 Å². The molecule has 0 spiro atoms. The molecule has 1 saturated heterocycles. The van der Waals surface area contributed by atoms with Crippen LogP contribution in [0.1, 0.15) is 29.8 Å². The van der Waals surface area contributed by atoms with Crippen molar-refractivity contribution in [2.45, 2.75) is 41.9 Å². The van der Waals surface area contributed by atoms with E-state index in [1.54, 1.807) is 16.2 Å². The van der Waals surface area contributed by atoms with Crippen LogP contribution in [-0.4, -0.2) is 21.7 Å². The predicted octanol–water partition coefficient (Wildman–Crippen LogP) is 3.20. The molecule has 2 aromatic rings. The molecule has 24 heavy (non-hydrogen) atoms. The number of hydrogen-bond donors (Lipinski definition) is 1. The number of thiazole rings is 1. The Bertz CT molecular complexity index is 857. The summed E-state index contributed by atoms with van der Waals surface area (Å²) in [4.78, 5) is 33.2. The molecule has 1 aromatic heterocycles. The van der Waals surface area contributed by atoms with Gasteiger partial charge in [-0.05, 0) is 37.8 Å². The van der Waals surface area contributed by atoms with Crippen LogP contribution < -0.4 is 10.2 Å². The minimum Gasteiger partial charge on any atom is -0.299 e. The Morgan fingerprint density at radius 3 is 3.00 bits per heavy atom. The van der Waals surface area contributed by atoms with Gasteiger partial charge in [0, 0.05) is 16.2 Å². The molecule has 2 amide bonds. The first kappa shape index (κ1) is 14.5. The summed E-state index contributed by atoms with van der Waals surface area (Å²) in [5, 5.41) is 3.65. The zero-order valence-corrected chi connectivity index (χ0v) is 14.5. The summed E-state index contributed by atoms with van der Waals surface area (Å²) in [5.41, 5.74) is 1.97. The van der Waals surface area contributed by atoms with E-state index in [2.05, 4.69) is 10.3 Å². The second kappa shape index (κ2) is 5.07. The van der Waals surface area contributed by atoms with E-state index in [1.165, 1.54) is 16.6 Å². The third kappa shape index (κ3) is 1.91. The molecule has 7 heteroatoms. The third-order valence-corrected chi connectivity index (χ3v) is 7.39. The molecule has 0 radical (unpaired) electrons. The van der Waals surface area contributed by atoms with Gasteiger partial charge in [0.1, 0.15) is 0 Å². The van der Waals surface area contributed by atoms with Gasteiger partial charge in [0.25, 0.3) is 5.91 Å². The summed E-state index contributed by atoms with van der Waals surface area (Å²) in [6.07, 6.45) is 4.14. The number of para-hydroxylation sites is 1. The van der Waals surface area contributed by atoms with Gasteiger partial charge in [-0.3, -0.25) is 19.8 Å². The molecule has 1 N–H and O–H groups in total. The summed E-state index contributed by atoms with van der Waals surface area (Å²) in [5.74, 6) is -0.119. The van der Waals surface area contributed by atoms with Crippen LogP contribution in [0.25, 0.3) is 0 Å². The van der Waals surface area contributed by atoms with Gasteiger partial charge in [-0.2, -0.15) is 0 Å². The number of carbonyl (C=O) groups excluding carboxylic acids is 2. The molecular weight excluding hydrogens is 342 g/mol. The van der Waals surface area contributed by atoms with Gasteiger partial charge in [-0.1, -0.05) is 23.9 Å². The lowest BCUT2D eigenvalue weighted by Gasteiger charge is -2.29. The number of hydrogen-bond acceptors (Lipinski definition) is 5. The maximum Gasteiger partial charge on any atom is 0.263 e. The Hall–Kier alpha value is -1.86. The molecule has 1 fully saturated rings. The van der Waals surface area contributed by atoms with Crippen molar-refractivity contribution in [3.8, 4) is 0 Å². The van der Waals surface area contributed by atoms with Gasteiger partial charge < -0.3 is 0 Å². The minimum absolute atomic E-state index is 0.0178. The van der Waals surface area contributed by atoms with Crippen LogP contribution in [0, 0.1) is 0 Å². The average Bonchev–Trinajstić information content (AvgIpc) is 3.27. The van der Waals surface area contributed by atoms with Crippen LogP contribution in [0.2, 0.25) is 0 Å². The number of thioether (sulfide) groups is 1. The zero-order chi connectivity index (χ0) is 16.3. The molecule has 5 rings (SSSR count). The predicted molar refractivity (Wildman–Crippen MR) is 94.5 cm³/mol. The van der Waals surface area contributed by atoms with Crippen molar-refractivity contribution in [3.63, 3.8) is 0 Å². The maximum absolute atomic E-state index is 13.1. The van der Waals surface area contributed by atoms with Crippen LogP contribution in [-0.2, 0) is 22.4 Å². The third-order valence-electron chi connectivity index (χ3n) is 4.84. The Labute approximate surface area is 147 Å². The lowest BCUT2D eigenvalue weighted by Crippen LogP contribution is -2.49. The summed E-state index contributed by atoms with van der Waals surface area (Å²) in [6, 6.07) is 7.73. The second-order valence-electron chi connectivity index (χ2n) is 6.28. The number of aromatic nitrogens is 1. The van der Waals surface area contributed by atoms with E-state index < -0.39 is 4.87 Å². The Kier molecular flexibility index (Phi) is 3.06. The molecule has 1 aliphatic carbocycles.